The molecular formula is C12H19N3. The molecule has 2 aliphatic carbocycles. The molecule has 1 aromatic heterocycles. The zero-order chi connectivity index (χ0) is 10.3. The van der Waals surface area contributed by atoms with Crippen molar-refractivity contribution in [3.05, 3.63) is 18.0 Å². The molecule has 0 saturated heterocycles. The fourth-order valence-electron chi connectivity index (χ4n) is 2.71. The van der Waals surface area contributed by atoms with Gasteiger partial charge in [0.1, 0.15) is 0 Å². The van der Waals surface area contributed by atoms with Crippen molar-refractivity contribution in [2.45, 2.75) is 50.6 Å². The van der Waals surface area contributed by atoms with E-state index in [2.05, 4.69) is 15.8 Å². The van der Waals surface area contributed by atoms with Gasteiger partial charge in [-0.1, -0.05) is 12.8 Å². The fraction of sp³-hybridized carbons (Fsp3) is 0.750. The van der Waals surface area contributed by atoms with Gasteiger partial charge in [0.25, 0.3) is 0 Å². The van der Waals surface area contributed by atoms with Gasteiger partial charge in [-0.2, -0.15) is 5.10 Å². The summed E-state index contributed by atoms with van der Waals surface area (Å²) in [7, 11) is 0. The molecule has 2 saturated carbocycles. The molecule has 2 aliphatic rings. The van der Waals surface area contributed by atoms with Crippen LogP contribution < -0.4 is 5.73 Å². The summed E-state index contributed by atoms with van der Waals surface area (Å²) in [6, 6.07) is 2.12. The van der Waals surface area contributed by atoms with Crippen molar-refractivity contribution < 1.29 is 0 Å². The molecule has 15 heavy (non-hydrogen) atoms. The van der Waals surface area contributed by atoms with E-state index < -0.39 is 0 Å². The fourth-order valence-corrected chi connectivity index (χ4v) is 2.71. The van der Waals surface area contributed by atoms with Gasteiger partial charge in [-0.3, -0.25) is 4.68 Å². The Labute approximate surface area is 90.7 Å². The molecule has 82 valence electrons. The molecule has 3 heteroatoms. The van der Waals surface area contributed by atoms with Gasteiger partial charge in [0.2, 0.25) is 0 Å². The van der Waals surface area contributed by atoms with Gasteiger partial charge in [-0.25, -0.2) is 0 Å². The first-order valence-corrected chi connectivity index (χ1v) is 6.09. The summed E-state index contributed by atoms with van der Waals surface area (Å²) in [5, 5.41) is 4.42. The summed E-state index contributed by atoms with van der Waals surface area (Å²) in [6.45, 7) is 1.08. The van der Waals surface area contributed by atoms with Crippen molar-refractivity contribution >= 4 is 0 Å². The average molecular weight is 205 g/mol. The molecule has 0 aliphatic heterocycles. The quantitative estimate of drug-likeness (QED) is 0.820. The number of aromatic nitrogens is 2. The maximum absolute atomic E-state index is 6.46. The van der Waals surface area contributed by atoms with Gasteiger partial charge in [0, 0.05) is 12.7 Å². The molecule has 3 nitrogen and oxygen atoms in total. The van der Waals surface area contributed by atoms with Crippen LogP contribution in [0, 0.1) is 5.92 Å². The number of hydrogen-bond acceptors (Lipinski definition) is 2. The highest BCUT2D eigenvalue weighted by Crippen LogP contribution is 2.37. The van der Waals surface area contributed by atoms with Crippen molar-refractivity contribution in [1.29, 1.82) is 0 Å². The van der Waals surface area contributed by atoms with Crippen molar-refractivity contribution in [2.75, 3.05) is 0 Å². The van der Waals surface area contributed by atoms with Gasteiger partial charge in [0.05, 0.1) is 11.2 Å². The summed E-state index contributed by atoms with van der Waals surface area (Å²) in [4.78, 5) is 0. The third-order valence-corrected chi connectivity index (χ3v) is 3.85. The van der Waals surface area contributed by atoms with E-state index in [9.17, 15) is 0 Å². The van der Waals surface area contributed by atoms with Gasteiger partial charge >= 0.3 is 0 Å². The molecule has 1 heterocycles. The van der Waals surface area contributed by atoms with E-state index in [-0.39, 0.29) is 5.54 Å². The summed E-state index contributed by atoms with van der Waals surface area (Å²) < 4.78 is 2.16. The number of hydrogen-bond donors (Lipinski definition) is 1. The smallest absolute Gasteiger partial charge is 0.0582 e. The normalized spacial score (nSPS) is 24.6. The van der Waals surface area contributed by atoms with E-state index in [4.69, 9.17) is 5.73 Å². The van der Waals surface area contributed by atoms with E-state index in [1.165, 1.54) is 31.4 Å². The Morgan fingerprint density at radius 3 is 2.80 bits per heavy atom. The lowest BCUT2D eigenvalue weighted by Crippen LogP contribution is -2.36. The first-order chi connectivity index (χ1) is 7.28. The third-order valence-electron chi connectivity index (χ3n) is 3.85. The number of nitrogens with two attached hydrogens (primary N) is 1. The monoisotopic (exact) mass is 205 g/mol. The second-order valence-corrected chi connectivity index (χ2v) is 5.21. The van der Waals surface area contributed by atoms with Crippen molar-refractivity contribution in [1.82, 2.24) is 9.78 Å². The average Bonchev–Trinajstić information content (AvgIpc) is 2.74. The molecule has 0 amide bonds. The van der Waals surface area contributed by atoms with Gasteiger partial charge < -0.3 is 5.73 Å². The van der Waals surface area contributed by atoms with Gasteiger partial charge in [0.15, 0.2) is 0 Å². The Morgan fingerprint density at radius 1 is 1.40 bits per heavy atom. The molecule has 3 rings (SSSR count). The lowest BCUT2D eigenvalue weighted by atomic mass is 9.94. The first kappa shape index (κ1) is 9.40. The Bertz CT molecular complexity index is 346. The zero-order valence-corrected chi connectivity index (χ0v) is 9.15. The third kappa shape index (κ3) is 1.69. The molecule has 0 aromatic carbocycles. The number of rotatable bonds is 3. The molecule has 1 aromatic rings. The summed E-state index contributed by atoms with van der Waals surface area (Å²) in [6.07, 6.45) is 9.45. The maximum Gasteiger partial charge on any atom is 0.0582 e. The van der Waals surface area contributed by atoms with E-state index in [0.29, 0.717) is 0 Å². The van der Waals surface area contributed by atoms with Crippen LogP contribution in [0.15, 0.2) is 12.3 Å². The van der Waals surface area contributed by atoms with Crippen LogP contribution in [0.5, 0.6) is 0 Å². The lowest BCUT2D eigenvalue weighted by Gasteiger charge is -2.24. The second kappa shape index (κ2) is 3.34. The predicted molar refractivity (Wildman–Crippen MR) is 59.3 cm³/mol. The van der Waals surface area contributed by atoms with Crippen LogP contribution in [0.1, 0.15) is 44.2 Å². The van der Waals surface area contributed by atoms with E-state index in [1.807, 2.05) is 6.20 Å². The van der Waals surface area contributed by atoms with Crippen molar-refractivity contribution in [3.63, 3.8) is 0 Å². The highest BCUT2D eigenvalue weighted by molar-refractivity contribution is 5.16. The summed E-state index contributed by atoms with van der Waals surface area (Å²) in [5.41, 5.74) is 7.65. The maximum atomic E-state index is 6.46. The van der Waals surface area contributed by atoms with E-state index >= 15 is 0 Å². The van der Waals surface area contributed by atoms with Gasteiger partial charge in [-0.05, 0) is 37.7 Å². The Morgan fingerprint density at radius 2 is 2.13 bits per heavy atom. The van der Waals surface area contributed by atoms with Crippen LogP contribution >= 0.6 is 0 Å². The second-order valence-electron chi connectivity index (χ2n) is 5.21. The minimum absolute atomic E-state index is 0.0780. The first-order valence-electron chi connectivity index (χ1n) is 6.09. The minimum atomic E-state index is -0.0780. The van der Waals surface area contributed by atoms with E-state index in [0.717, 1.165) is 25.3 Å². The molecule has 0 radical (unpaired) electrons. The number of nitrogens with zero attached hydrogens (tertiary/aromatic N) is 2. The van der Waals surface area contributed by atoms with Gasteiger partial charge in [-0.15, -0.1) is 0 Å². The lowest BCUT2D eigenvalue weighted by molar-refractivity contribution is 0.399. The van der Waals surface area contributed by atoms with Crippen molar-refractivity contribution in [2.24, 2.45) is 11.7 Å². The summed E-state index contributed by atoms with van der Waals surface area (Å²) >= 11 is 0. The van der Waals surface area contributed by atoms with Crippen molar-refractivity contribution in [3.8, 4) is 0 Å². The zero-order valence-electron chi connectivity index (χ0n) is 9.15. The SMILES string of the molecule is NC1(c2ccnn2CC2CC2)CCCC1. The molecule has 2 N–H and O–H groups in total. The highest BCUT2D eigenvalue weighted by atomic mass is 15.3. The molecular weight excluding hydrogens is 186 g/mol. The molecule has 0 spiro atoms. The van der Waals surface area contributed by atoms with Crippen LogP contribution in [0.2, 0.25) is 0 Å². The molecule has 2 fully saturated rings. The van der Waals surface area contributed by atoms with Crippen LogP contribution in [0.4, 0.5) is 0 Å². The largest absolute Gasteiger partial charge is 0.320 e. The van der Waals surface area contributed by atoms with Crippen LogP contribution in [-0.2, 0) is 12.1 Å². The Kier molecular flexibility index (Phi) is 2.09. The predicted octanol–water partition coefficient (Wildman–Crippen LogP) is 2.02. The van der Waals surface area contributed by atoms with Crippen LogP contribution in [0.3, 0.4) is 0 Å². The van der Waals surface area contributed by atoms with Crippen LogP contribution in [0.25, 0.3) is 0 Å². The van der Waals surface area contributed by atoms with E-state index in [1.54, 1.807) is 0 Å². The molecule has 0 unspecified atom stereocenters. The highest BCUT2D eigenvalue weighted by Gasteiger charge is 2.35. The molecule has 0 atom stereocenters. The minimum Gasteiger partial charge on any atom is -0.320 e. The Balaban J connectivity index is 1.85. The standard InChI is InChI=1S/C12H19N3/c13-12(6-1-2-7-12)11-5-8-14-15(11)9-10-3-4-10/h5,8,10H,1-4,6-7,9,13H2. The van der Waals surface area contributed by atoms with Crippen LogP contribution in [-0.4, -0.2) is 9.78 Å². The summed E-state index contributed by atoms with van der Waals surface area (Å²) in [5.74, 6) is 0.869. The molecule has 0 bridgehead atoms. The Hall–Kier alpha value is -0.830. The topological polar surface area (TPSA) is 43.8 Å².